The van der Waals surface area contributed by atoms with Crippen molar-refractivity contribution < 1.29 is 4.39 Å². The van der Waals surface area contributed by atoms with Crippen molar-refractivity contribution in [2.45, 2.75) is 32.9 Å². The Morgan fingerprint density at radius 3 is 2.38 bits per heavy atom. The summed E-state index contributed by atoms with van der Waals surface area (Å²) in [6, 6.07) is 15.6. The molecule has 0 bridgehead atoms. The first-order valence-corrected chi connectivity index (χ1v) is 7.41. The van der Waals surface area contributed by atoms with Gasteiger partial charge in [-0.25, -0.2) is 4.39 Å². The van der Waals surface area contributed by atoms with Gasteiger partial charge in [-0.15, -0.1) is 0 Å². The lowest BCUT2D eigenvalue weighted by atomic mass is 10.1. The number of rotatable bonds is 6. The van der Waals surface area contributed by atoms with Crippen LogP contribution < -0.4 is 10.6 Å². The molecule has 2 N–H and O–H groups in total. The van der Waals surface area contributed by atoms with Gasteiger partial charge in [0.05, 0.1) is 5.69 Å². The Morgan fingerprint density at radius 1 is 1.05 bits per heavy atom. The molecule has 2 aromatic rings. The Balaban J connectivity index is 2.38. The second kappa shape index (κ2) is 7.23. The third-order valence-electron chi connectivity index (χ3n) is 3.59. The highest BCUT2D eigenvalue weighted by Gasteiger charge is 2.18. The molecule has 0 unspecified atom stereocenters. The fourth-order valence-corrected chi connectivity index (χ4v) is 2.54. The number of halogens is 1. The van der Waals surface area contributed by atoms with Crippen molar-refractivity contribution in [1.82, 2.24) is 0 Å². The molecule has 0 heterocycles. The summed E-state index contributed by atoms with van der Waals surface area (Å²) in [6.07, 6.45) is 0.686. The minimum atomic E-state index is -0.175. The molecule has 2 rings (SSSR count). The summed E-state index contributed by atoms with van der Waals surface area (Å²) in [5.74, 6) is -0.175. The smallest absolute Gasteiger partial charge is 0.146 e. The molecule has 21 heavy (non-hydrogen) atoms. The van der Waals surface area contributed by atoms with Crippen molar-refractivity contribution >= 4 is 5.69 Å². The van der Waals surface area contributed by atoms with Gasteiger partial charge in [0.15, 0.2) is 0 Å². The first-order valence-electron chi connectivity index (χ1n) is 7.41. The predicted molar refractivity (Wildman–Crippen MR) is 86.9 cm³/mol. The summed E-state index contributed by atoms with van der Waals surface area (Å²) < 4.78 is 14.4. The van der Waals surface area contributed by atoms with Gasteiger partial charge in [0.2, 0.25) is 0 Å². The Bertz CT molecular complexity index is 567. The molecule has 0 saturated carbocycles. The predicted octanol–water partition coefficient (Wildman–Crippen LogP) is 3.74. The molecule has 0 saturated heterocycles. The van der Waals surface area contributed by atoms with Gasteiger partial charge in [-0.05, 0) is 44.0 Å². The highest BCUT2D eigenvalue weighted by atomic mass is 19.1. The fraction of sp³-hybridized carbons (Fsp3) is 0.333. The number of para-hydroxylation sites is 1. The molecular formula is C18H23FN2. The van der Waals surface area contributed by atoms with Gasteiger partial charge < -0.3 is 10.6 Å². The van der Waals surface area contributed by atoms with E-state index in [0.29, 0.717) is 25.2 Å². The van der Waals surface area contributed by atoms with Crippen LogP contribution in [0.5, 0.6) is 0 Å². The van der Waals surface area contributed by atoms with E-state index in [4.69, 9.17) is 5.73 Å². The second-order valence-electron chi connectivity index (χ2n) is 5.49. The Hall–Kier alpha value is -1.87. The highest BCUT2D eigenvalue weighted by molar-refractivity contribution is 5.56. The molecule has 2 aromatic carbocycles. The lowest BCUT2D eigenvalue weighted by Gasteiger charge is -2.31. The summed E-state index contributed by atoms with van der Waals surface area (Å²) in [4.78, 5) is 2.11. The minimum absolute atomic E-state index is 0.175. The van der Waals surface area contributed by atoms with E-state index in [-0.39, 0.29) is 11.9 Å². The van der Waals surface area contributed by atoms with Crippen molar-refractivity contribution in [2.75, 3.05) is 11.4 Å². The third kappa shape index (κ3) is 3.82. The average Bonchev–Trinajstić information content (AvgIpc) is 2.47. The normalized spacial score (nSPS) is 10.9. The molecule has 3 heteroatoms. The lowest BCUT2D eigenvalue weighted by Crippen LogP contribution is -2.32. The number of nitrogens with two attached hydrogens (primary N) is 1. The molecule has 2 nitrogen and oxygen atoms in total. The number of hydrogen-bond acceptors (Lipinski definition) is 2. The molecule has 0 aromatic heterocycles. The van der Waals surface area contributed by atoms with Crippen LogP contribution in [0.25, 0.3) is 0 Å². The van der Waals surface area contributed by atoms with Crippen LogP contribution >= 0.6 is 0 Å². The zero-order chi connectivity index (χ0) is 15.2. The van der Waals surface area contributed by atoms with Crippen molar-refractivity contribution in [3.63, 3.8) is 0 Å². The molecule has 0 radical (unpaired) electrons. The van der Waals surface area contributed by atoms with E-state index in [9.17, 15) is 4.39 Å². The zero-order valence-electron chi connectivity index (χ0n) is 12.7. The van der Waals surface area contributed by atoms with Crippen molar-refractivity contribution in [3.8, 4) is 0 Å². The quantitative estimate of drug-likeness (QED) is 0.876. The molecule has 0 fully saturated rings. The van der Waals surface area contributed by atoms with E-state index in [1.54, 1.807) is 6.07 Å². The van der Waals surface area contributed by atoms with Gasteiger partial charge >= 0.3 is 0 Å². The first-order chi connectivity index (χ1) is 10.1. The molecule has 0 aliphatic heterocycles. The van der Waals surface area contributed by atoms with E-state index >= 15 is 0 Å². The van der Waals surface area contributed by atoms with Crippen LogP contribution in [0.1, 0.15) is 25.0 Å². The Kier molecular flexibility index (Phi) is 5.34. The largest absolute Gasteiger partial charge is 0.362 e. The summed E-state index contributed by atoms with van der Waals surface area (Å²) in [5, 5.41) is 0. The highest BCUT2D eigenvalue weighted by Crippen LogP contribution is 2.28. The average molecular weight is 286 g/mol. The summed E-state index contributed by atoms with van der Waals surface area (Å²) >= 11 is 0. The SMILES string of the molecule is CC(C)N(Cc1ccccc1)c1c(F)cccc1CCN. The molecule has 0 spiro atoms. The van der Waals surface area contributed by atoms with Gasteiger partial charge in [-0.1, -0.05) is 42.5 Å². The van der Waals surface area contributed by atoms with Crippen molar-refractivity contribution in [3.05, 3.63) is 65.5 Å². The van der Waals surface area contributed by atoms with Crippen LogP contribution in [0.3, 0.4) is 0 Å². The van der Waals surface area contributed by atoms with E-state index in [1.165, 1.54) is 11.6 Å². The number of anilines is 1. The standard InChI is InChI=1S/C18H23FN2/c1-14(2)21(13-15-7-4-3-5-8-15)18-16(11-12-20)9-6-10-17(18)19/h3-10,14H,11-13,20H2,1-2H3. The zero-order valence-corrected chi connectivity index (χ0v) is 12.7. The van der Waals surface area contributed by atoms with Gasteiger partial charge in [-0.3, -0.25) is 0 Å². The lowest BCUT2D eigenvalue weighted by molar-refractivity contribution is 0.595. The summed E-state index contributed by atoms with van der Waals surface area (Å²) in [7, 11) is 0. The maximum atomic E-state index is 14.4. The Morgan fingerprint density at radius 2 is 1.76 bits per heavy atom. The van der Waals surface area contributed by atoms with E-state index in [1.807, 2.05) is 24.3 Å². The summed E-state index contributed by atoms with van der Waals surface area (Å²) in [6.45, 7) is 5.38. The molecule has 0 aliphatic rings. The molecule has 112 valence electrons. The van der Waals surface area contributed by atoms with Crippen LogP contribution in [0.4, 0.5) is 10.1 Å². The van der Waals surface area contributed by atoms with E-state index in [0.717, 1.165) is 5.56 Å². The third-order valence-corrected chi connectivity index (χ3v) is 3.59. The van der Waals surface area contributed by atoms with Crippen molar-refractivity contribution in [2.24, 2.45) is 5.73 Å². The first kappa shape index (κ1) is 15.5. The van der Waals surface area contributed by atoms with Gasteiger partial charge in [0, 0.05) is 12.6 Å². The van der Waals surface area contributed by atoms with Gasteiger partial charge in [-0.2, -0.15) is 0 Å². The number of hydrogen-bond donors (Lipinski definition) is 1. The maximum Gasteiger partial charge on any atom is 0.146 e. The number of nitrogens with zero attached hydrogens (tertiary/aromatic N) is 1. The van der Waals surface area contributed by atoms with E-state index < -0.39 is 0 Å². The van der Waals surface area contributed by atoms with Gasteiger partial charge in [0.25, 0.3) is 0 Å². The van der Waals surface area contributed by atoms with Crippen molar-refractivity contribution in [1.29, 1.82) is 0 Å². The van der Waals surface area contributed by atoms with E-state index in [2.05, 4.69) is 30.9 Å². The molecule has 0 aliphatic carbocycles. The van der Waals surface area contributed by atoms with Crippen LogP contribution in [0, 0.1) is 5.82 Å². The topological polar surface area (TPSA) is 29.3 Å². The van der Waals surface area contributed by atoms with Gasteiger partial charge in [0.1, 0.15) is 5.82 Å². The number of benzene rings is 2. The van der Waals surface area contributed by atoms with Crippen LogP contribution in [0.2, 0.25) is 0 Å². The van der Waals surface area contributed by atoms with Crippen LogP contribution in [0.15, 0.2) is 48.5 Å². The Labute approximate surface area is 126 Å². The molecule has 0 amide bonds. The molecule has 0 atom stereocenters. The fourth-order valence-electron chi connectivity index (χ4n) is 2.54. The van der Waals surface area contributed by atoms with Crippen LogP contribution in [-0.2, 0) is 13.0 Å². The summed E-state index contributed by atoms with van der Waals surface area (Å²) in [5.41, 5.74) is 8.50. The monoisotopic (exact) mass is 286 g/mol. The van der Waals surface area contributed by atoms with Crippen LogP contribution in [-0.4, -0.2) is 12.6 Å². The maximum absolute atomic E-state index is 14.4. The second-order valence-corrected chi connectivity index (χ2v) is 5.49. The minimum Gasteiger partial charge on any atom is -0.362 e. The molecular weight excluding hydrogens is 263 g/mol.